The molecule has 12 heavy (non-hydrogen) atoms. The lowest BCUT2D eigenvalue weighted by Crippen LogP contribution is -2.60. The molecule has 3 fully saturated rings. The van der Waals surface area contributed by atoms with Gasteiger partial charge in [0.1, 0.15) is 0 Å². The normalized spacial score (nSPS) is 53.2. The summed E-state index contributed by atoms with van der Waals surface area (Å²) < 4.78 is 3.94. The van der Waals surface area contributed by atoms with Crippen LogP contribution in [0.1, 0.15) is 26.7 Å². The van der Waals surface area contributed by atoms with E-state index in [9.17, 15) is 0 Å². The zero-order valence-corrected chi connectivity index (χ0v) is 8.27. The molecule has 1 heterocycles. The highest BCUT2D eigenvalue weighted by atomic mass is 32.2. The average molecular weight is 181 g/mol. The van der Waals surface area contributed by atoms with E-state index in [1.54, 1.807) is 11.9 Å². The standard InChI is InChI=1S/C9H13N2S/c1-8(2)6-3-4-9(7(8)5-6)10-11-12-9/h4,6-7H,3,5H2,1-2H3. The van der Waals surface area contributed by atoms with Gasteiger partial charge in [0.15, 0.2) is 4.87 Å². The van der Waals surface area contributed by atoms with Gasteiger partial charge in [-0.15, -0.1) is 4.52 Å². The van der Waals surface area contributed by atoms with Crippen molar-refractivity contribution in [3.05, 3.63) is 6.42 Å². The van der Waals surface area contributed by atoms with Crippen molar-refractivity contribution in [3.8, 4) is 0 Å². The van der Waals surface area contributed by atoms with E-state index >= 15 is 0 Å². The molecular weight excluding hydrogens is 168 g/mol. The Labute approximate surface area is 77.3 Å². The van der Waals surface area contributed by atoms with E-state index < -0.39 is 0 Å². The van der Waals surface area contributed by atoms with Gasteiger partial charge in [-0.2, -0.15) is 5.11 Å². The molecule has 0 aromatic rings. The molecular formula is C9H13N2S. The van der Waals surface area contributed by atoms with E-state index in [-0.39, 0.29) is 4.87 Å². The second-order valence-electron chi connectivity index (χ2n) is 4.77. The van der Waals surface area contributed by atoms with Crippen LogP contribution in [-0.2, 0) is 0 Å². The third-order valence-electron chi connectivity index (χ3n) is 4.05. The number of nitrogens with zero attached hydrogens (tertiary/aromatic N) is 2. The molecule has 4 rings (SSSR count). The quantitative estimate of drug-likeness (QED) is 0.527. The molecule has 65 valence electrons. The van der Waals surface area contributed by atoms with Gasteiger partial charge < -0.3 is 0 Å². The first-order valence-electron chi connectivity index (χ1n) is 4.60. The highest BCUT2D eigenvalue weighted by molar-refractivity contribution is 8.00. The third-order valence-corrected chi connectivity index (χ3v) is 5.04. The zero-order valence-electron chi connectivity index (χ0n) is 7.45. The Morgan fingerprint density at radius 3 is 2.58 bits per heavy atom. The molecule has 0 N–H and O–H groups in total. The molecule has 0 aromatic heterocycles. The molecule has 4 aliphatic rings. The molecule has 0 aromatic carbocycles. The van der Waals surface area contributed by atoms with Crippen molar-refractivity contribution in [2.45, 2.75) is 31.6 Å². The predicted octanol–water partition coefficient (Wildman–Crippen LogP) is 3.07. The maximum atomic E-state index is 4.31. The molecule has 3 atom stereocenters. The summed E-state index contributed by atoms with van der Waals surface area (Å²) >= 11 is 1.68. The maximum absolute atomic E-state index is 4.31. The van der Waals surface area contributed by atoms with E-state index in [1.165, 1.54) is 12.8 Å². The summed E-state index contributed by atoms with van der Waals surface area (Å²) in [5, 5.41) is 4.31. The molecule has 3 unspecified atom stereocenters. The Hall–Kier alpha value is -0.0500. The van der Waals surface area contributed by atoms with Gasteiger partial charge >= 0.3 is 0 Å². The first-order valence-corrected chi connectivity index (χ1v) is 5.37. The summed E-state index contributed by atoms with van der Waals surface area (Å²) in [6.07, 6.45) is 5.00. The van der Waals surface area contributed by atoms with Crippen LogP contribution in [0.25, 0.3) is 0 Å². The van der Waals surface area contributed by atoms with Crippen molar-refractivity contribution in [1.82, 2.24) is 0 Å². The van der Waals surface area contributed by atoms with Crippen LogP contribution in [-0.4, -0.2) is 4.87 Å². The van der Waals surface area contributed by atoms with E-state index in [4.69, 9.17) is 0 Å². The van der Waals surface area contributed by atoms with Crippen LogP contribution in [0.5, 0.6) is 0 Å². The Kier molecular flexibility index (Phi) is 1.16. The highest BCUT2D eigenvalue weighted by Crippen LogP contribution is 2.68. The monoisotopic (exact) mass is 181 g/mol. The smallest absolute Gasteiger partial charge is 0.157 e. The zero-order chi connectivity index (χ0) is 8.40. The second-order valence-corrected chi connectivity index (χ2v) is 5.77. The minimum absolute atomic E-state index is 0.109. The number of fused-ring (bicyclic) bond motifs is 1. The molecule has 3 aliphatic carbocycles. The van der Waals surface area contributed by atoms with Gasteiger partial charge in [0, 0.05) is 24.3 Å². The third kappa shape index (κ3) is 0.617. The van der Waals surface area contributed by atoms with E-state index in [2.05, 4.69) is 29.9 Å². The summed E-state index contributed by atoms with van der Waals surface area (Å²) in [7, 11) is 0. The topological polar surface area (TPSA) is 24.7 Å². The van der Waals surface area contributed by atoms with Crippen molar-refractivity contribution in [3.63, 3.8) is 0 Å². The van der Waals surface area contributed by atoms with E-state index in [0.29, 0.717) is 5.41 Å². The van der Waals surface area contributed by atoms with Crippen LogP contribution >= 0.6 is 11.9 Å². The van der Waals surface area contributed by atoms with Crippen molar-refractivity contribution in [2.75, 3.05) is 0 Å². The number of hydrogen-bond acceptors (Lipinski definition) is 3. The largest absolute Gasteiger partial charge is 0.161 e. The molecule has 0 saturated heterocycles. The molecule has 1 spiro atoms. The van der Waals surface area contributed by atoms with Gasteiger partial charge in [-0.25, -0.2) is 0 Å². The minimum Gasteiger partial charge on any atom is -0.161 e. The fraction of sp³-hybridized carbons (Fsp3) is 0.889. The van der Waals surface area contributed by atoms with Crippen LogP contribution < -0.4 is 0 Å². The fourth-order valence-electron chi connectivity index (χ4n) is 2.92. The average Bonchev–Trinajstić information content (AvgIpc) is 2.01. The van der Waals surface area contributed by atoms with Crippen LogP contribution in [0, 0.1) is 23.7 Å². The lowest BCUT2D eigenvalue weighted by Gasteiger charge is -2.63. The molecule has 1 aliphatic heterocycles. The lowest BCUT2D eigenvalue weighted by atomic mass is 9.47. The molecule has 1 radical (unpaired) electrons. The van der Waals surface area contributed by atoms with Crippen LogP contribution in [0.2, 0.25) is 0 Å². The molecule has 3 saturated carbocycles. The predicted molar refractivity (Wildman–Crippen MR) is 49.5 cm³/mol. The molecule has 3 heteroatoms. The summed E-state index contributed by atoms with van der Waals surface area (Å²) in [4.78, 5) is 0.109. The highest BCUT2D eigenvalue weighted by Gasteiger charge is 2.64. The van der Waals surface area contributed by atoms with Crippen molar-refractivity contribution in [1.29, 1.82) is 0 Å². The van der Waals surface area contributed by atoms with Crippen molar-refractivity contribution in [2.24, 2.45) is 26.9 Å². The van der Waals surface area contributed by atoms with Gasteiger partial charge in [-0.1, -0.05) is 13.8 Å². The molecule has 2 bridgehead atoms. The second kappa shape index (κ2) is 1.89. The Morgan fingerprint density at radius 2 is 2.25 bits per heavy atom. The van der Waals surface area contributed by atoms with Crippen LogP contribution in [0.3, 0.4) is 0 Å². The molecule has 0 amide bonds. The first-order chi connectivity index (χ1) is 5.65. The van der Waals surface area contributed by atoms with Crippen molar-refractivity contribution < 1.29 is 0 Å². The lowest BCUT2D eigenvalue weighted by molar-refractivity contribution is -0.0689. The van der Waals surface area contributed by atoms with Gasteiger partial charge in [0.25, 0.3) is 0 Å². The Balaban J connectivity index is 1.96. The summed E-state index contributed by atoms with van der Waals surface area (Å²) in [6.45, 7) is 4.77. The number of hydrogen-bond donors (Lipinski definition) is 0. The van der Waals surface area contributed by atoms with E-state index in [1.807, 2.05) is 0 Å². The fourth-order valence-corrected chi connectivity index (χ4v) is 3.89. The SMILES string of the molecule is CC1(C)C2C[CH]C3(N=NS3)C1C2. The number of rotatable bonds is 0. The summed E-state index contributed by atoms with van der Waals surface area (Å²) in [5.41, 5.74) is 0.515. The van der Waals surface area contributed by atoms with Crippen molar-refractivity contribution >= 4 is 11.9 Å². The Morgan fingerprint density at radius 1 is 1.50 bits per heavy atom. The van der Waals surface area contributed by atoms with Crippen LogP contribution in [0.15, 0.2) is 9.63 Å². The van der Waals surface area contributed by atoms with Gasteiger partial charge in [-0.3, -0.25) is 0 Å². The Bertz CT molecular complexity index is 259. The van der Waals surface area contributed by atoms with Gasteiger partial charge in [-0.05, 0) is 24.2 Å². The van der Waals surface area contributed by atoms with E-state index in [0.717, 1.165) is 11.8 Å². The maximum Gasteiger partial charge on any atom is 0.157 e. The van der Waals surface area contributed by atoms with Crippen LogP contribution in [0.4, 0.5) is 0 Å². The first kappa shape index (κ1) is 7.36. The summed E-state index contributed by atoms with van der Waals surface area (Å²) in [6, 6.07) is 0. The minimum atomic E-state index is 0.109. The van der Waals surface area contributed by atoms with Gasteiger partial charge in [0.05, 0.1) is 0 Å². The summed E-state index contributed by atoms with van der Waals surface area (Å²) in [5.74, 6) is 1.68. The van der Waals surface area contributed by atoms with Gasteiger partial charge in [0.2, 0.25) is 0 Å². The molecule has 2 nitrogen and oxygen atoms in total.